The van der Waals surface area contributed by atoms with Gasteiger partial charge in [0.05, 0.1) is 11.6 Å². The zero-order chi connectivity index (χ0) is 24.5. The standard InChI is InChI=1S/C27H35N7O/c1-16-8-17(2)15-34(14-16)24-10-20(6-7-29-24)26-22-11-21(4-5-23(22)32-33-26)31-27(35)25-18(3)9-19(12-28)13-30-25/h6-7,9-10,13,16-17,21-23,26,32-33H,4-5,8,11,14-15H2,1-3H3,(H,31,35)/t16-,17+,21?,22?,23?,26?. The van der Waals surface area contributed by atoms with Gasteiger partial charge >= 0.3 is 0 Å². The Morgan fingerprint density at radius 1 is 1.14 bits per heavy atom. The van der Waals surface area contributed by atoms with E-state index in [9.17, 15) is 4.79 Å². The third kappa shape index (κ3) is 5.02. The van der Waals surface area contributed by atoms with Crippen LogP contribution in [0.5, 0.6) is 0 Å². The lowest BCUT2D eigenvalue weighted by molar-refractivity contribution is 0.0909. The summed E-state index contributed by atoms with van der Waals surface area (Å²) in [5, 5.41) is 12.3. The number of hydrogen-bond donors (Lipinski definition) is 3. The molecule has 184 valence electrons. The van der Waals surface area contributed by atoms with Gasteiger partial charge in [0.25, 0.3) is 5.91 Å². The number of amides is 1. The Balaban J connectivity index is 1.28. The molecule has 3 fully saturated rings. The number of pyridine rings is 2. The second kappa shape index (κ2) is 9.92. The van der Waals surface area contributed by atoms with E-state index in [0.29, 0.717) is 35.1 Å². The number of nitriles is 1. The van der Waals surface area contributed by atoms with Crippen LogP contribution in [-0.2, 0) is 0 Å². The number of carbonyl (C=O) groups is 1. The van der Waals surface area contributed by atoms with E-state index in [2.05, 4.69) is 58.1 Å². The normalized spacial score (nSPS) is 30.4. The molecular formula is C27H35N7O. The highest BCUT2D eigenvalue weighted by Gasteiger charge is 2.41. The van der Waals surface area contributed by atoms with Crippen molar-refractivity contribution in [2.75, 3.05) is 18.0 Å². The van der Waals surface area contributed by atoms with Crippen LogP contribution in [0.4, 0.5) is 5.82 Å². The molecule has 3 N–H and O–H groups in total. The maximum Gasteiger partial charge on any atom is 0.270 e. The molecule has 4 unspecified atom stereocenters. The molecule has 6 atom stereocenters. The molecule has 8 heteroatoms. The summed E-state index contributed by atoms with van der Waals surface area (Å²) < 4.78 is 0. The second-order valence-corrected chi connectivity index (χ2v) is 10.8. The lowest BCUT2D eigenvalue weighted by Gasteiger charge is -2.36. The van der Waals surface area contributed by atoms with Gasteiger partial charge in [-0.25, -0.2) is 15.4 Å². The van der Waals surface area contributed by atoms with Crippen molar-refractivity contribution in [1.29, 1.82) is 5.26 Å². The van der Waals surface area contributed by atoms with Crippen molar-refractivity contribution >= 4 is 11.7 Å². The van der Waals surface area contributed by atoms with Gasteiger partial charge in [-0.2, -0.15) is 5.26 Å². The van der Waals surface area contributed by atoms with E-state index >= 15 is 0 Å². The molecule has 2 aromatic heterocycles. The SMILES string of the molecule is Cc1cc(C#N)cnc1C(=O)NC1CCC2NNC(c3ccnc(N4C[C@H](C)C[C@H](C)C4)c3)C2C1. The van der Waals surface area contributed by atoms with Gasteiger partial charge in [-0.15, -0.1) is 0 Å². The minimum absolute atomic E-state index is 0.0925. The molecule has 35 heavy (non-hydrogen) atoms. The number of nitrogens with zero attached hydrogens (tertiary/aromatic N) is 4. The van der Waals surface area contributed by atoms with Gasteiger partial charge in [0.1, 0.15) is 17.6 Å². The summed E-state index contributed by atoms with van der Waals surface area (Å²) in [6, 6.07) is 8.81. The van der Waals surface area contributed by atoms with Crippen molar-refractivity contribution in [2.45, 2.75) is 64.6 Å². The van der Waals surface area contributed by atoms with Crippen LogP contribution in [0.1, 0.15) is 72.8 Å². The van der Waals surface area contributed by atoms with Crippen molar-refractivity contribution in [3.8, 4) is 6.07 Å². The minimum Gasteiger partial charge on any atom is -0.356 e. The summed E-state index contributed by atoms with van der Waals surface area (Å²) in [6.45, 7) is 8.58. The highest BCUT2D eigenvalue weighted by Crippen LogP contribution is 2.39. The van der Waals surface area contributed by atoms with Crippen LogP contribution in [0.2, 0.25) is 0 Å². The molecule has 5 rings (SSSR count). The Morgan fingerprint density at radius 2 is 1.94 bits per heavy atom. The summed E-state index contributed by atoms with van der Waals surface area (Å²) in [6.07, 6.45) is 7.49. The topological polar surface area (TPSA) is 106 Å². The van der Waals surface area contributed by atoms with Crippen LogP contribution >= 0.6 is 0 Å². The smallest absolute Gasteiger partial charge is 0.270 e. The maximum absolute atomic E-state index is 12.9. The van der Waals surface area contributed by atoms with Crippen molar-refractivity contribution in [3.05, 3.63) is 53.0 Å². The number of hydrazine groups is 1. The van der Waals surface area contributed by atoms with Crippen molar-refractivity contribution in [2.24, 2.45) is 17.8 Å². The summed E-state index contributed by atoms with van der Waals surface area (Å²) in [5.41, 5.74) is 9.88. The van der Waals surface area contributed by atoms with E-state index in [-0.39, 0.29) is 18.0 Å². The molecule has 0 radical (unpaired) electrons. The van der Waals surface area contributed by atoms with E-state index in [0.717, 1.165) is 43.7 Å². The van der Waals surface area contributed by atoms with Gasteiger partial charge in [0.2, 0.25) is 0 Å². The van der Waals surface area contributed by atoms with Gasteiger partial charge in [0, 0.05) is 37.6 Å². The molecule has 4 heterocycles. The Bertz CT molecular complexity index is 1120. The van der Waals surface area contributed by atoms with Gasteiger partial charge in [0.15, 0.2) is 0 Å². The molecule has 1 saturated carbocycles. The fourth-order valence-electron chi connectivity index (χ4n) is 6.30. The lowest BCUT2D eigenvalue weighted by atomic mass is 9.77. The molecule has 8 nitrogen and oxygen atoms in total. The molecule has 1 aliphatic carbocycles. The zero-order valence-corrected chi connectivity index (χ0v) is 20.8. The maximum atomic E-state index is 12.9. The molecule has 1 amide bonds. The molecular weight excluding hydrogens is 438 g/mol. The lowest BCUT2D eigenvalue weighted by Crippen LogP contribution is -2.44. The quantitative estimate of drug-likeness (QED) is 0.626. The fourth-order valence-corrected chi connectivity index (χ4v) is 6.30. The number of anilines is 1. The van der Waals surface area contributed by atoms with Crippen molar-refractivity contribution in [3.63, 3.8) is 0 Å². The molecule has 0 spiro atoms. The van der Waals surface area contributed by atoms with Gasteiger partial charge < -0.3 is 10.2 Å². The molecule has 3 aliphatic rings. The third-order valence-corrected chi connectivity index (χ3v) is 7.83. The van der Waals surface area contributed by atoms with Crippen molar-refractivity contribution < 1.29 is 4.79 Å². The predicted octanol–water partition coefficient (Wildman–Crippen LogP) is 3.26. The Morgan fingerprint density at radius 3 is 2.69 bits per heavy atom. The summed E-state index contributed by atoms with van der Waals surface area (Å²) in [4.78, 5) is 24.3. The second-order valence-electron chi connectivity index (χ2n) is 10.8. The number of piperidine rings is 1. The van der Waals surface area contributed by atoms with Gasteiger partial charge in [-0.05, 0) is 79.7 Å². The Hall–Kier alpha value is -3.02. The van der Waals surface area contributed by atoms with E-state index in [4.69, 9.17) is 10.2 Å². The number of carbonyl (C=O) groups excluding carboxylic acids is 1. The highest BCUT2D eigenvalue weighted by atomic mass is 16.1. The van der Waals surface area contributed by atoms with Crippen LogP contribution in [0.15, 0.2) is 30.6 Å². The van der Waals surface area contributed by atoms with Gasteiger partial charge in [-0.1, -0.05) is 13.8 Å². The van der Waals surface area contributed by atoms with E-state index in [1.807, 2.05) is 13.1 Å². The van der Waals surface area contributed by atoms with E-state index in [1.54, 1.807) is 6.07 Å². The molecule has 2 saturated heterocycles. The first-order valence-electron chi connectivity index (χ1n) is 12.8. The molecule has 0 bridgehead atoms. The Labute approximate surface area is 207 Å². The number of nitrogens with one attached hydrogen (secondary N) is 3. The number of hydrogen-bond acceptors (Lipinski definition) is 7. The van der Waals surface area contributed by atoms with Crippen LogP contribution in [0.3, 0.4) is 0 Å². The fraction of sp³-hybridized carbons (Fsp3) is 0.556. The first kappa shape index (κ1) is 23.7. The summed E-state index contributed by atoms with van der Waals surface area (Å²) in [5.74, 6) is 2.63. The first-order chi connectivity index (χ1) is 16.9. The monoisotopic (exact) mass is 473 g/mol. The van der Waals surface area contributed by atoms with Crippen LogP contribution in [0.25, 0.3) is 0 Å². The number of aromatic nitrogens is 2. The average Bonchev–Trinajstić information content (AvgIpc) is 3.26. The average molecular weight is 474 g/mol. The first-order valence-corrected chi connectivity index (χ1v) is 12.8. The summed E-state index contributed by atoms with van der Waals surface area (Å²) >= 11 is 0. The predicted molar refractivity (Wildman–Crippen MR) is 134 cm³/mol. The van der Waals surface area contributed by atoms with Crippen LogP contribution in [-0.4, -0.2) is 41.0 Å². The van der Waals surface area contributed by atoms with Crippen molar-refractivity contribution in [1.82, 2.24) is 26.1 Å². The summed E-state index contributed by atoms with van der Waals surface area (Å²) in [7, 11) is 0. The highest BCUT2D eigenvalue weighted by molar-refractivity contribution is 5.93. The van der Waals surface area contributed by atoms with E-state index in [1.165, 1.54) is 18.2 Å². The Kier molecular flexibility index (Phi) is 6.72. The largest absolute Gasteiger partial charge is 0.356 e. The van der Waals surface area contributed by atoms with Crippen LogP contribution < -0.4 is 21.1 Å². The van der Waals surface area contributed by atoms with Gasteiger partial charge in [-0.3, -0.25) is 10.2 Å². The minimum atomic E-state index is -0.162. The van der Waals surface area contributed by atoms with Crippen LogP contribution in [0, 0.1) is 36.0 Å². The molecule has 0 aromatic carbocycles. The zero-order valence-electron chi connectivity index (χ0n) is 20.8. The number of aryl methyl sites for hydroxylation is 1. The molecule has 2 aromatic rings. The third-order valence-electron chi connectivity index (χ3n) is 7.83. The van der Waals surface area contributed by atoms with E-state index < -0.39 is 0 Å². The number of fused-ring (bicyclic) bond motifs is 1. The molecule has 2 aliphatic heterocycles. The number of rotatable bonds is 4.